The van der Waals surface area contributed by atoms with Crippen LogP contribution in [0, 0.1) is 0 Å². The number of benzene rings is 2. The van der Waals surface area contributed by atoms with E-state index in [1.807, 2.05) is 37.3 Å². The van der Waals surface area contributed by atoms with E-state index in [0.29, 0.717) is 6.54 Å². The lowest BCUT2D eigenvalue weighted by Gasteiger charge is -2.26. The van der Waals surface area contributed by atoms with Crippen LogP contribution in [0.2, 0.25) is 0 Å². The van der Waals surface area contributed by atoms with E-state index in [1.54, 1.807) is 7.11 Å². The second-order valence-corrected chi connectivity index (χ2v) is 6.44. The zero-order valence-electron chi connectivity index (χ0n) is 15.0. The highest BCUT2D eigenvalue weighted by Gasteiger charge is 2.16. The standard InChI is InChI=1S/C20H26N2O3/c1-15(20(23)21-7-8-22-9-11-25-12-10-22)16-3-4-18-14-19(24-2)6-5-17(18)13-16/h3-6,13-15H,7-12H2,1-2H3,(H,21,23)/t15-/m1/s1. The number of rotatable bonds is 6. The van der Waals surface area contributed by atoms with Crippen LogP contribution in [0.15, 0.2) is 36.4 Å². The third-order valence-corrected chi connectivity index (χ3v) is 4.80. The minimum atomic E-state index is -0.170. The summed E-state index contributed by atoms with van der Waals surface area (Å²) in [6.45, 7) is 6.96. The molecule has 0 bridgehead atoms. The van der Waals surface area contributed by atoms with E-state index in [1.165, 1.54) is 0 Å². The highest BCUT2D eigenvalue weighted by atomic mass is 16.5. The van der Waals surface area contributed by atoms with E-state index >= 15 is 0 Å². The molecule has 1 aliphatic rings. The molecule has 0 saturated carbocycles. The summed E-state index contributed by atoms with van der Waals surface area (Å²) < 4.78 is 10.6. The van der Waals surface area contributed by atoms with Crippen molar-refractivity contribution in [2.45, 2.75) is 12.8 Å². The van der Waals surface area contributed by atoms with E-state index < -0.39 is 0 Å². The third kappa shape index (κ3) is 4.50. The average Bonchev–Trinajstić information content (AvgIpc) is 2.67. The van der Waals surface area contributed by atoms with Crippen molar-refractivity contribution in [1.29, 1.82) is 0 Å². The molecule has 0 aliphatic carbocycles. The first kappa shape index (κ1) is 17.7. The van der Waals surface area contributed by atoms with Crippen LogP contribution in [0.3, 0.4) is 0 Å². The Balaban J connectivity index is 1.58. The first-order valence-electron chi connectivity index (χ1n) is 8.83. The number of nitrogens with zero attached hydrogens (tertiary/aromatic N) is 1. The number of nitrogens with one attached hydrogen (secondary N) is 1. The van der Waals surface area contributed by atoms with Gasteiger partial charge in [0, 0.05) is 26.2 Å². The first-order chi connectivity index (χ1) is 12.2. The summed E-state index contributed by atoms with van der Waals surface area (Å²) in [5.41, 5.74) is 1.03. The van der Waals surface area contributed by atoms with Gasteiger partial charge in [-0.2, -0.15) is 0 Å². The van der Waals surface area contributed by atoms with Gasteiger partial charge in [-0.15, -0.1) is 0 Å². The number of methoxy groups -OCH3 is 1. The Bertz CT molecular complexity index is 726. The van der Waals surface area contributed by atoms with Crippen molar-refractivity contribution in [2.75, 3.05) is 46.5 Å². The van der Waals surface area contributed by atoms with E-state index in [9.17, 15) is 4.79 Å². The predicted molar refractivity (Wildman–Crippen MR) is 99.2 cm³/mol. The molecule has 1 N–H and O–H groups in total. The van der Waals surface area contributed by atoms with Crippen LogP contribution in [0.1, 0.15) is 18.4 Å². The lowest BCUT2D eigenvalue weighted by Crippen LogP contribution is -2.42. The Morgan fingerprint density at radius 2 is 1.92 bits per heavy atom. The molecule has 1 heterocycles. The SMILES string of the molecule is COc1ccc2cc([C@@H](C)C(=O)NCCN3CCOCC3)ccc2c1. The molecule has 134 valence electrons. The first-order valence-corrected chi connectivity index (χ1v) is 8.83. The van der Waals surface area contributed by atoms with E-state index in [-0.39, 0.29) is 11.8 Å². The van der Waals surface area contributed by atoms with Crippen molar-refractivity contribution >= 4 is 16.7 Å². The van der Waals surface area contributed by atoms with E-state index in [2.05, 4.69) is 16.3 Å². The van der Waals surface area contributed by atoms with Crippen molar-refractivity contribution in [3.8, 4) is 5.75 Å². The number of amides is 1. The number of morpholine rings is 1. The van der Waals surface area contributed by atoms with Gasteiger partial charge in [0.2, 0.25) is 5.91 Å². The molecule has 1 fully saturated rings. The Hall–Kier alpha value is -2.11. The fourth-order valence-corrected chi connectivity index (χ4v) is 3.11. The summed E-state index contributed by atoms with van der Waals surface area (Å²) >= 11 is 0. The summed E-state index contributed by atoms with van der Waals surface area (Å²) in [5, 5.41) is 5.28. The molecule has 0 unspecified atom stereocenters. The van der Waals surface area contributed by atoms with Crippen molar-refractivity contribution in [2.24, 2.45) is 0 Å². The summed E-state index contributed by atoms with van der Waals surface area (Å²) in [6.07, 6.45) is 0. The molecule has 3 rings (SSSR count). The second kappa shape index (κ2) is 8.32. The van der Waals surface area contributed by atoms with Crippen molar-refractivity contribution in [3.05, 3.63) is 42.0 Å². The quantitative estimate of drug-likeness (QED) is 0.876. The molecule has 1 saturated heterocycles. The number of carbonyl (C=O) groups excluding carboxylic acids is 1. The lowest BCUT2D eigenvalue weighted by atomic mass is 9.97. The minimum Gasteiger partial charge on any atom is -0.497 e. The van der Waals surface area contributed by atoms with E-state index in [4.69, 9.17) is 9.47 Å². The fraction of sp³-hybridized carbons (Fsp3) is 0.450. The van der Waals surface area contributed by atoms with Crippen LogP contribution >= 0.6 is 0 Å². The summed E-state index contributed by atoms with van der Waals surface area (Å²) in [5.74, 6) is 0.742. The Morgan fingerprint density at radius 1 is 1.20 bits per heavy atom. The molecule has 0 aromatic heterocycles. The van der Waals surface area contributed by atoms with Gasteiger partial charge in [-0.05, 0) is 35.4 Å². The van der Waals surface area contributed by atoms with Crippen LogP contribution in [-0.2, 0) is 9.53 Å². The highest BCUT2D eigenvalue weighted by molar-refractivity contribution is 5.88. The summed E-state index contributed by atoms with van der Waals surface area (Å²) in [7, 11) is 1.67. The second-order valence-electron chi connectivity index (χ2n) is 6.44. The Kier molecular flexibility index (Phi) is 5.89. The Labute approximate surface area is 148 Å². The molecule has 1 atom stereocenters. The lowest BCUT2D eigenvalue weighted by molar-refractivity contribution is -0.122. The van der Waals surface area contributed by atoms with Gasteiger partial charge in [-0.1, -0.05) is 24.3 Å². The molecule has 1 aliphatic heterocycles. The van der Waals surface area contributed by atoms with Crippen LogP contribution in [0.25, 0.3) is 10.8 Å². The van der Waals surface area contributed by atoms with Gasteiger partial charge in [-0.3, -0.25) is 9.69 Å². The van der Waals surface area contributed by atoms with Gasteiger partial charge in [0.15, 0.2) is 0 Å². The van der Waals surface area contributed by atoms with Crippen LogP contribution in [0.4, 0.5) is 0 Å². The molecule has 0 radical (unpaired) electrons. The molecular weight excluding hydrogens is 316 g/mol. The maximum atomic E-state index is 12.4. The molecule has 5 heteroatoms. The van der Waals surface area contributed by atoms with Gasteiger partial charge < -0.3 is 14.8 Å². The van der Waals surface area contributed by atoms with Crippen molar-refractivity contribution < 1.29 is 14.3 Å². The number of hydrogen-bond acceptors (Lipinski definition) is 4. The van der Waals surface area contributed by atoms with Gasteiger partial charge in [0.05, 0.1) is 26.2 Å². The maximum Gasteiger partial charge on any atom is 0.227 e. The number of carbonyl (C=O) groups is 1. The molecule has 25 heavy (non-hydrogen) atoms. The monoisotopic (exact) mass is 342 g/mol. The fourth-order valence-electron chi connectivity index (χ4n) is 3.11. The average molecular weight is 342 g/mol. The molecule has 1 amide bonds. The number of fused-ring (bicyclic) bond motifs is 1. The minimum absolute atomic E-state index is 0.0705. The summed E-state index contributed by atoms with van der Waals surface area (Å²) in [4.78, 5) is 14.8. The van der Waals surface area contributed by atoms with Crippen LogP contribution in [0.5, 0.6) is 5.75 Å². The maximum absolute atomic E-state index is 12.4. The number of ether oxygens (including phenoxy) is 2. The predicted octanol–water partition coefficient (Wildman–Crippen LogP) is 2.40. The van der Waals surface area contributed by atoms with Crippen molar-refractivity contribution in [3.63, 3.8) is 0 Å². The molecule has 2 aromatic carbocycles. The topological polar surface area (TPSA) is 50.8 Å². The van der Waals surface area contributed by atoms with Gasteiger partial charge >= 0.3 is 0 Å². The van der Waals surface area contributed by atoms with Crippen molar-refractivity contribution in [1.82, 2.24) is 10.2 Å². The van der Waals surface area contributed by atoms with Gasteiger partial charge in [0.1, 0.15) is 5.75 Å². The van der Waals surface area contributed by atoms with Crippen LogP contribution in [-0.4, -0.2) is 57.3 Å². The van der Waals surface area contributed by atoms with E-state index in [0.717, 1.165) is 54.9 Å². The smallest absolute Gasteiger partial charge is 0.227 e. The zero-order chi connectivity index (χ0) is 17.6. The molecule has 0 spiro atoms. The van der Waals surface area contributed by atoms with Gasteiger partial charge in [-0.25, -0.2) is 0 Å². The highest BCUT2D eigenvalue weighted by Crippen LogP contribution is 2.25. The third-order valence-electron chi connectivity index (χ3n) is 4.80. The molecule has 2 aromatic rings. The molecule has 5 nitrogen and oxygen atoms in total. The number of hydrogen-bond donors (Lipinski definition) is 1. The normalized spacial score (nSPS) is 16.6. The largest absolute Gasteiger partial charge is 0.497 e. The van der Waals surface area contributed by atoms with Crippen LogP contribution < -0.4 is 10.1 Å². The van der Waals surface area contributed by atoms with Gasteiger partial charge in [0.25, 0.3) is 0 Å². The molecular formula is C20H26N2O3. The zero-order valence-corrected chi connectivity index (χ0v) is 15.0. The Morgan fingerprint density at radius 3 is 2.68 bits per heavy atom. The summed E-state index contributed by atoms with van der Waals surface area (Å²) in [6, 6.07) is 12.1.